The lowest BCUT2D eigenvalue weighted by Gasteiger charge is -2.30. The number of carbonyl (C=O) groups is 1. The molecule has 2 aliphatic carbocycles. The van der Waals surface area contributed by atoms with Crippen LogP contribution in [0.25, 0.3) is 0 Å². The van der Waals surface area contributed by atoms with Crippen molar-refractivity contribution in [2.75, 3.05) is 14.2 Å². The van der Waals surface area contributed by atoms with Gasteiger partial charge in [0, 0.05) is 5.92 Å². The SMILES string of the molecule is COc1ccc(C(OC(OC(c2ccccc2)c2ccc(OC)cc2)C2CC2C(=O)OC2CCCCC2)c2ccccc2)cc1. The number of rotatable bonds is 13. The van der Waals surface area contributed by atoms with Gasteiger partial charge in [0.25, 0.3) is 0 Å². The van der Waals surface area contributed by atoms with E-state index in [0.717, 1.165) is 59.4 Å². The summed E-state index contributed by atoms with van der Waals surface area (Å²) in [6.45, 7) is 0. The molecular formula is C39H42O6. The Morgan fingerprint density at radius 2 is 1.04 bits per heavy atom. The summed E-state index contributed by atoms with van der Waals surface area (Å²) in [6, 6.07) is 36.1. The minimum atomic E-state index is -0.687. The Hall–Kier alpha value is -4.13. The van der Waals surface area contributed by atoms with Crippen molar-refractivity contribution in [1.29, 1.82) is 0 Å². The number of hydrogen-bond donors (Lipinski definition) is 0. The van der Waals surface area contributed by atoms with Crippen molar-refractivity contribution >= 4 is 5.97 Å². The van der Waals surface area contributed by atoms with Crippen molar-refractivity contribution in [1.82, 2.24) is 0 Å². The van der Waals surface area contributed by atoms with Crippen LogP contribution in [0.2, 0.25) is 0 Å². The van der Waals surface area contributed by atoms with E-state index in [1.54, 1.807) is 14.2 Å². The molecule has 2 fully saturated rings. The lowest BCUT2D eigenvalue weighted by atomic mass is 9.98. The molecule has 2 saturated carbocycles. The number of benzene rings is 4. The number of ether oxygens (including phenoxy) is 5. The Balaban J connectivity index is 1.33. The molecule has 2 aliphatic rings. The van der Waals surface area contributed by atoms with Crippen LogP contribution in [0, 0.1) is 11.8 Å². The highest BCUT2D eigenvalue weighted by Crippen LogP contribution is 2.48. The highest BCUT2D eigenvalue weighted by molar-refractivity contribution is 5.76. The van der Waals surface area contributed by atoms with Gasteiger partial charge in [-0.05, 0) is 78.6 Å². The quantitative estimate of drug-likeness (QED) is 0.112. The second kappa shape index (κ2) is 14.8. The van der Waals surface area contributed by atoms with Crippen LogP contribution in [0.3, 0.4) is 0 Å². The molecular weight excluding hydrogens is 564 g/mol. The summed E-state index contributed by atoms with van der Waals surface area (Å²) in [5.74, 6) is 1.00. The van der Waals surface area contributed by atoms with E-state index in [1.807, 2.05) is 84.9 Å². The molecule has 0 heterocycles. The zero-order valence-electron chi connectivity index (χ0n) is 26.0. The van der Waals surface area contributed by atoms with Gasteiger partial charge in [0.1, 0.15) is 29.8 Å². The third-order valence-corrected chi connectivity index (χ3v) is 8.91. The van der Waals surface area contributed by atoms with Crippen molar-refractivity contribution in [3.05, 3.63) is 131 Å². The predicted octanol–water partition coefficient (Wildman–Crippen LogP) is 8.45. The van der Waals surface area contributed by atoms with Gasteiger partial charge >= 0.3 is 5.97 Å². The monoisotopic (exact) mass is 606 g/mol. The minimum absolute atomic E-state index is 0.0144. The van der Waals surface area contributed by atoms with Crippen molar-refractivity contribution in [2.45, 2.75) is 63.1 Å². The van der Waals surface area contributed by atoms with Crippen molar-refractivity contribution < 1.29 is 28.5 Å². The molecule has 0 saturated heterocycles. The second-order valence-electron chi connectivity index (χ2n) is 12.0. The molecule has 6 nitrogen and oxygen atoms in total. The minimum Gasteiger partial charge on any atom is -0.497 e. The van der Waals surface area contributed by atoms with Crippen LogP contribution in [0.4, 0.5) is 0 Å². The third-order valence-electron chi connectivity index (χ3n) is 8.91. The summed E-state index contributed by atoms with van der Waals surface area (Å²) in [6.07, 6.45) is 4.46. The van der Waals surface area contributed by atoms with Crippen molar-refractivity contribution in [3.8, 4) is 11.5 Å². The first-order valence-electron chi connectivity index (χ1n) is 16.0. The fraction of sp³-hybridized carbons (Fsp3) is 0.359. The van der Waals surface area contributed by atoms with Gasteiger partial charge in [0.2, 0.25) is 0 Å². The van der Waals surface area contributed by atoms with E-state index >= 15 is 0 Å². The number of esters is 1. The smallest absolute Gasteiger partial charge is 0.309 e. The molecule has 45 heavy (non-hydrogen) atoms. The van der Waals surface area contributed by atoms with E-state index in [0.29, 0.717) is 6.42 Å². The molecule has 6 rings (SSSR count). The molecule has 0 radical (unpaired) electrons. The molecule has 0 bridgehead atoms. The molecule has 0 spiro atoms. The van der Waals surface area contributed by atoms with Gasteiger partial charge in [0.15, 0.2) is 6.29 Å². The molecule has 0 aliphatic heterocycles. The van der Waals surface area contributed by atoms with Gasteiger partial charge in [-0.3, -0.25) is 4.79 Å². The maximum atomic E-state index is 13.4. The Kier molecular flexibility index (Phi) is 10.1. The highest BCUT2D eigenvalue weighted by Gasteiger charge is 2.52. The predicted molar refractivity (Wildman–Crippen MR) is 173 cm³/mol. The normalized spacial score (nSPS) is 20.0. The van der Waals surface area contributed by atoms with Gasteiger partial charge < -0.3 is 23.7 Å². The maximum Gasteiger partial charge on any atom is 0.309 e. The zero-order chi connectivity index (χ0) is 31.0. The van der Waals surface area contributed by atoms with Crippen LogP contribution < -0.4 is 9.47 Å². The van der Waals surface area contributed by atoms with E-state index in [9.17, 15) is 4.79 Å². The Morgan fingerprint density at radius 1 is 0.600 bits per heavy atom. The first-order chi connectivity index (χ1) is 22.1. The largest absolute Gasteiger partial charge is 0.497 e. The fourth-order valence-electron chi connectivity index (χ4n) is 6.24. The van der Waals surface area contributed by atoms with Crippen LogP contribution in [0.1, 0.15) is 73.0 Å². The van der Waals surface area contributed by atoms with Crippen LogP contribution in [0.15, 0.2) is 109 Å². The average molecular weight is 607 g/mol. The summed E-state index contributed by atoms with van der Waals surface area (Å²) < 4.78 is 30.9. The van der Waals surface area contributed by atoms with Crippen LogP contribution >= 0.6 is 0 Å². The molecule has 4 aromatic rings. The lowest BCUT2D eigenvalue weighted by molar-refractivity contribution is -0.197. The van der Waals surface area contributed by atoms with Gasteiger partial charge in [-0.25, -0.2) is 0 Å². The molecule has 0 N–H and O–H groups in total. The number of methoxy groups -OCH3 is 2. The molecule has 4 aromatic carbocycles. The fourth-order valence-corrected chi connectivity index (χ4v) is 6.24. The Bertz CT molecular complexity index is 1390. The molecule has 0 aromatic heterocycles. The van der Waals surface area contributed by atoms with E-state index in [1.165, 1.54) is 6.42 Å². The van der Waals surface area contributed by atoms with Gasteiger partial charge in [0.05, 0.1) is 20.1 Å². The summed E-state index contributed by atoms with van der Waals surface area (Å²) in [5.41, 5.74) is 3.94. The summed E-state index contributed by atoms with van der Waals surface area (Å²) in [7, 11) is 3.32. The van der Waals surface area contributed by atoms with Gasteiger partial charge in [-0.2, -0.15) is 0 Å². The maximum absolute atomic E-state index is 13.4. The summed E-state index contributed by atoms with van der Waals surface area (Å²) >= 11 is 0. The average Bonchev–Trinajstić information content (AvgIpc) is 3.91. The lowest BCUT2D eigenvalue weighted by Crippen LogP contribution is -2.29. The Morgan fingerprint density at radius 3 is 1.49 bits per heavy atom. The van der Waals surface area contributed by atoms with E-state index in [4.69, 9.17) is 23.7 Å². The second-order valence-corrected chi connectivity index (χ2v) is 12.0. The van der Waals surface area contributed by atoms with Gasteiger partial charge in [-0.15, -0.1) is 0 Å². The number of carbonyl (C=O) groups excluding carboxylic acids is 1. The molecule has 0 amide bonds. The van der Waals surface area contributed by atoms with Crippen LogP contribution in [0.5, 0.6) is 11.5 Å². The van der Waals surface area contributed by atoms with Crippen LogP contribution in [-0.2, 0) is 19.0 Å². The van der Waals surface area contributed by atoms with Crippen LogP contribution in [-0.4, -0.2) is 32.6 Å². The standard InChI is InChI=1S/C39H42O6/c1-41-31-22-18-29(19-23-31)36(27-12-6-3-7-13-27)44-39(35-26-34(35)38(40)43-33-16-10-5-11-17-33)45-37(28-14-8-4-9-15-28)30-20-24-32(42-2)25-21-30/h3-4,6-9,12-15,18-25,33-37,39H,5,10-11,16-17,26H2,1-2H3. The summed E-state index contributed by atoms with van der Waals surface area (Å²) in [4.78, 5) is 13.4. The van der Waals surface area contributed by atoms with Crippen molar-refractivity contribution in [2.24, 2.45) is 11.8 Å². The number of hydrogen-bond acceptors (Lipinski definition) is 6. The zero-order valence-corrected chi connectivity index (χ0v) is 26.0. The Labute approximate surface area is 266 Å². The van der Waals surface area contributed by atoms with E-state index < -0.39 is 18.5 Å². The molecule has 234 valence electrons. The molecule has 6 heteroatoms. The molecule has 4 atom stereocenters. The van der Waals surface area contributed by atoms with Crippen molar-refractivity contribution in [3.63, 3.8) is 0 Å². The van der Waals surface area contributed by atoms with E-state index in [2.05, 4.69) is 24.3 Å². The first kappa shape index (κ1) is 30.9. The highest BCUT2D eigenvalue weighted by atomic mass is 16.7. The third kappa shape index (κ3) is 7.75. The topological polar surface area (TPSA) is 63.2 Å². The first-order valence-corrected chi connectivity index (χ1v) is 16.0. The summed E-state index contributed by atoms with van der Waals surface area (Å²) in [5, 5.41) is 0. The molecule has 4 unspecified atom stereocenters. The van der Waals surface area contributed by atoms with Gasteiger partial charge in [-0.1, -0.05) is 91.3 Å². The van der Waals surface area contributed by atoms with E-state index in [-0.39, 0.29) is 23.9 Å².